The number of aryl methyl sites for hydroxylation is 1. The van der Waals surface area contributed by atoms with Crippen LogP contribution in [0.5, 0.6) is 0 Å². The van der Waals surface area contributed by atoms with E-state index in [4.69, 9.17) is 0 Å². The maximum absolute atomic E-state index is 12.0. The van der Waals surface area contributed by atoms with E-state index in [1.165, 1.54) is 6.33 Å². The summed E-state index contributed by atoms with van der Waals surface area (Å²) in [6.45, 7) is 2.82. The molecule has 0 saturated heterocycles. The van der Waals surface area contributed by atoms with Crippen molar-refractivity contribution in [2.75, 3.05) is 0 Å². The molecule has 0 aliphatic carbocycles. The molecule has 0 unspecified atom stereocenters. The third kappa shape index (κ3) is 2.17. The summed E-state index contributed by atoms with van der Waals surface area (Å²) >= 11 is 0. The fourth-order valence-corrected chi connectivity index (χ4v) is 2.89. The number of hydrogen-bond donors (Lipinski definition) is 0. The fraction of sp³-hybridized carbons (Fsp3) is 0.111. The van der Waals surface area contributed by atoms with E-state index in [1.807, 2.05) is 30.5 Å². The number of pyridine rings is 2. The average Bonchev–Trinajstić information content (AvgIpc) is 2.62. The van der Waals surface area contributed by atoms with Gasteiger partial charge < -0.3 is 4.57 Å². The lowest BCUT2D eigenvalue weighted by Gasteiger charge is -2.15. The second-order valence-electron chi connectivity index (χ2n) is 5.32. The molecular weight excluding hydrogens is 288 g/mol. The third-order valence-electron chi connectivity index (χ3n) is 4.05. The van der Waals surface area contributed by atoms with Crippen molar-refractivity contribution in [2.45, 2.75) is 13.5 Å². The first-order valence-electron chi connectivity index (χ1n) is 7.46. The first-order valence-corrected chi connectivity index (χ1v) is 7.46. The van der Waals surface area contributed by atoms with Crippen LogP contribution < -0.4 is 5.56 Å². The molecule has 5 heteroatoms. The largest absolute Gasteiger partial charge is 0.347 e. The van der Waals surface area contributed by atoms with Gasteiger partial charge in [0.1, 0.15) is 6.33 Å². The molecule has 1 aromatic heterocycles. The van der Waals surface area contributed by atoms with Gasteiger partial charge in [0.15, 0.2) is 0 Å². The van der Waals surface area contributed by atoms with E-state index < -0.39 is 0 Å². The van der Waals surface area contributed by atoms with Crippen LogP contribution in [-0.4, -0.2) is 19.5 Å². The molecular formula is C18H14N4O. The van der Waals surface area contributed by atoms with Crippen molar-refractivity contribution in [3.05, 3.63) is 65.6 Å². The molecule has 1 aromatic carbocycles. The van der Waals surface area contributed by atoms with E-state index >= 15 is 0 Å². The van der Waals surface area contributed by atoms with Crippen LogP contribution in [0.3, 0.4) is 0 Å². The second-order valence-corrected chi connectivity index (χ2v) is 5.32. The maximum Gasteiger partial charge on any atom is 0.282 e. The summed E-state index contributed by atoms with van der Waals surface area (Å²) in [6.07, 6.45) is 6.74. The molecule has 2 aliphatic rings. The Balaban J connectivity index is 2.07. The van der Waals surface area contributed by atoms with Gasteiger partial charge in [0.2, 0.25) is 0 Å². The number of rotatable bonds is 2. The predicted octanol–water partition coefficient (Wildman–Crippen LogP) is 2.98. The number of aromatic nitrogens is 4. The number of nitrogens with zero attached hydrogens (tertiary/aromatic N) is 4. The van der Waals surface area contributed by atoms with Gasteiger partial charge >= 0.3 is 0 Å². The van der Waals surface area contributed by atoms with Gasteiger partial charge in [0, 0.05) is 30.5 Å². The Bertz CT molecular complexity index is 1020. The highest BCUT2D eigenvalue weighted by Crippen LogP contribution is 2.30. The topological polar surface area (TPSA) is 60.7 Å². The molecule has 0 N–H and O–H groups in total. The standard InChI is InChI=1S/C18H14N4O/c1-2-22-10-15-17(20-11-21-18(15)23)14-4-3-13(9-16(14)22)12-5-7-19-8-6-12/h3-11H,2H2,1H3. The number of fused-ring (bicyclic) bond motifs is 3. The van der Waals surface area contributed by atoms with E-state index in [9.17, 15) is 4.79 Å². The second kappa shape index (κ2) is 5.28. The SMILES string of the molecule is CCn1cc2c(=O)ncnc-2c2ccc(-c3ccncc3)cc21. The van der Waals surface area contributed by atoms with Crippen LogP contribution in [0, 0.1) is 0 Å². The molecule has 2 aromatic rings. The Morgan fingerprint density at radius 2 is 1.87 bits per heavy atom. The molecule has 4 rings (SSSR count). The van der Waals surface area contributed by atoms with Crippen LogP contribution in [0.1, 0.15) is 6.92 Å². The lowest BCUT2D eigenvalue weighted by Crippen LogP contribution is -2.14. The minimum Gasteiger partial charge on any atom is -0.347 e. The van der Waals surface area contributed by atoms with Gasteiger partial charge in [0.05, 0.1) is 16.8 Å². The summed E-state index contributed by atoms with van der Waals surface area (Å²) in [4.78, 5) is 24.1. The first-order chi connectivity index (χ1) is 11.3. The molecule has 0 spiro atoms. The Morgan fingerprint density at radius 3 is 2.65 bits per heavy atom. The Labute approximate surface area is 132 Å². The third-order valence-corrected chi connectivity index (χ3v) is 4.05. The lowest BCUT2D eigenvalue weighted by molar-refractivity contribution is 0.787. The van der Waals surface area contributed by atoms with Crippen molar-refractivity contribution in [3.63, 3.8) is 0 Å². The van der Waals surface area contributed by atoms with E-state index in [2.05, 4.69) is 32.5 Å². The van der Waals surface area contributed by atoms with Crippen LogP contribution in [0.25, 0.3) is 33.3 Å². The molecule has 0 atom stereocenters. The highest BCUT2D eigenvalue weighted by molar-refractivity contribution is 5.95. The van der Waals surface area contributed by atoms with Gasteiger partial charge in [-0.3, -0.25) is 9.78 Å². The normalized spacial score (nSPS) is 11.2. The minimum absolute atomic E-state index is 0.239. The Hall–Kier alpha value is -3.08. The first kappa shape index (κ1) is 13.6. The van der Waals surface area contributed by atoms with Crippen molar-refractivity contribution in [3.8, 4) is 22.4 Å². The van der Waals surface area contributed by atoms with Gasteiger partial charge in [-0.2, -0.15) is 4.98 Å². The Morgan fingerprint density at radius 1 is 1.04 bits per heavy atom. The zero-order chi connectivity index (χ0) is 15.8. The molecule has 0 saturated carbocycles. The van der Waals surface area contributed by atoms with Crippen LogP contribution in [0.15, 0.2) is 60.0 Å². The van der Waals surface area contributed by atoms with Crippen molar-refractivity contribution in [1.29, 1.82) is 0 Å². The zero-order valence-electron chi connectivity index (χ0n) is 12.6. The summed E-state index contributed by atoms with van der Waals surface area (Å²) in [5.41, 5.74) is 4.28. The molecule has 112 valence electrons. The number of benzene rings is 1. The van der Waals surface area contributed by atoms with Crippen LogP contribution >= 0.6 is 0 Å². The smallest absolute Gasteiger partial charge is 0.282 e. The zero-order valence-corrected chi connectivity index (χ0v) is 12.6. The van der Waals surface area contributed by atoms with Crippen LogP contribution in [0.2, 0.25) is 0 Å². The van der Waals surface area contributed by atoms with Crippen LogP contribution in [-0.2, 0) is 6.54 Å². The summed E-state index contributed by atoms with van der Waals surface area (Å²) in [7, 11) is 0. The highest BCUT2D eigenvalue weighted by atomic mass is 16.1. The van der Waals surface area contributed by atoms with E-state index in [0.29, 0.717) is 11.3 Å². The number of hydrogen-bond acceptors (Lipinski definition) is 4. The van der Waals surface area contributed by atoms with Crippen LogP contribution in [0.4, 0.5) is 0 Å². The monoisotopic (exact) mass is 302 g/mol. The Kier molecular flexibility index (Phi) is 3.12. The van der Waals surface area contributed by atoms with Gasteiger partial charge in [-0.1, -0.05) is 12.1 Å². The molecule has 0 amide bonds. The maximum atomic E-state index is 12.0. The van der Waals surface area contributed by atoms with Gasteiger partial charge in [-0.05, 0) is 36.2 Å². The van der Waals surface area contributed by atoms with Gasteiger partial charge in [-0.25, -0.2) is 4.98 Å². The fourth-order valence-electron chi connectivity index (χ4n) is 2.89. The predicted molar refractivity (Wildman–Crippen MR) is 89.3 cm³/mol. The minimum atomic E-state index is -0.239. The summed E-state index contributed by atoms with van der Waals surface area (Å²) in [6, 6.07) is 10.2. The highest BCUT2D eigenvalue weighted by Gasteiger charge is 2.15. The van der Waals surface area contributed by atoms with E-state index in [1.54, 1.807) is 12.4 Å². The summed E-state index contributed by atoms with van der Waals surface area (Å²) in [5, 5.41) is 0.960. The van der Waals surface area contributed by atoms with Crippen molar-refractivity contribution in [2.24, 2.45) is 0 Å². The molecule has 0 radical (unpaired) electrons. The van der Waals surface area contributed by atoms with Gasteiger partial charge in [0.25, 0.3) is 5.56 Å². The molecule has 0 bridgehead atoms. The molecule has 0 fully saturated rings. The van der Waals surface area contributed by atoms with E-state index in [-0.39, 0.29) is 5.56 Å². The van der Waals surface area contributed by atoms with Gasteiger partial charge in [-0.15, -0.1) is 0 Å². The average molecular weight is 302 g/mol. The van der Waals surface area contributed by atoms with E-state index in [0.717, 1.165) is 28.6 Å². The lowest BCUT2D eigenvalue weighted by atomic mass is 10.0. The molecule has 3 heterocycles. The van der Waals surface area contributed by atoms with Crippen molar-refractivity contribution >= 4 is 10.9 Å². The molecule has 23 heavy (non-hydrogen) atoms. The molecule has 5 nitrogen and oxygen atoms in total. The quantitative estimate of drug-likeness (QED) is 0.534. The summed E-state index contributed by atoms with van der Waals surface area (Å²) < 4.78 is 2.06. The van der Waals surface area contributed by atoms with Crippen molar-refractivity contribution < 1.29 is 0 Å². The van der Waals surface area contributed by atoms with Crippen molar-refractivity contribution in [1.82, 2.24) is 19.5 Å². The summed E-state index contributed by atoms with van der Waals surface area (Å²) in [5.74, 6) is 0. The molecule has 2 aliphatic heterocycles.